The van der Waals surface area contributed by atoms with Crippen molar-refractivity contribution in [3.8, 4) is 0 Å². The fourth-order valence-electron chi connectivity index (χ4n) is 3.34. The van der Waals surface area contributed by atoms with Crippen LogP contribution in [0.2, 0.25) is 0 Å². The summed E-state index contributed by atoms with van der Waals surface area (Å²) in [6.45, 7) is 4.67. The van der Waals surface area contributed by atoms with Crippen LogP contribution in [0.15, 0.2) is 0 Å². The number of esters is 1. The highest BCUT2D eigenvalue weighted by Gasteiger charge is 2.21. The molecule has 0 radical (unpaired) electrons. The zero-order valence-corrected chi connectivity index (χ0v) is 18.8. The first kappa shape index (κ1) is 27.8. The minimum absolute atomic E-state index is 0.0384. The topological polar surface area (TPSA) is 151 Å². The standard InChI is InChI=1S/C20H36N4O8/c1-2-3-12-32-20(31)16-24-10-8-22(14-18(27)28)6-4-21(13-17(25)26)5-7-23(9-11-24)15-19(29)30/h2-16H2,1H3,(H,25,26)(H,27,28)(H,29,30). The van der Waals surface area contributed by atoms with Gasteiger partial charge in [-0.25, -0.2) is 0 Å². The Morgan fingerprint density at radius 3 is 1.22 bits per heavy atom. The monoisotopic (exact) mass is 460 g/mol. The van der Waals surface area contributed by atoms with Gasteiger partial charge in [-0.05, 0) is 6.42 Å². The lowest BCUT2D eigenvalue weighted by molar-refractivity contribution is -0.146. The number of hydrogen-bond donors (Lipinski definition) is 3. The van der Waals surface area contributed by atoms with Crippen LogP contribution >= 0.6 is 0 Å². The molecule has 3 N–H and O–H groups in total. The second-order valence-corrected chi connectivity index (χ2v) is 7.86. The summed E-state index contributed by atoms with van der Waals surface area (Å²) in [4.78, 5) is 52.8. The van der Waals surface area contributed by atoms with Crippen molar-refractivity contribution in [1.29, 1.82) is 0 Å². The van der Waals surface area contributed by atoms with Crippen LogP contribution in [-0.4, -0.2) is 144 Å². The van der Waals surface area contributed by atoms with Crippen LogP contribution in [0.25, 0.3) is 0 Å². The summed E-state index contributed by atoms with van der Waals surface area (Å²) >= 11 is 0. The molecule has 1 aliphatic heterocycles. The highest BCUT2D eigenvalue weighted by molar-refractivity contribution is 5.71. The van der Waals surface area contributed by atoms with E-state index in [9.17, 15) is 29.4 Å². The Morgan fingerprint density at radius 1 is 0.625 bits per heavy atom. The van der Waals surface area contributed by atoms with Crippen molar-refractivity contribution in [2.75, 3.05) is 85.1 Å². The first-order valence-electron chi connectivity index (χ1n) is 10.9. The van der Waals surface area contributed by atoms with Gasteiger partial charge in [0.2, 0.25) is 0 Å². The normalized spacial score (nSPS) is 18.4. The van der Waals surface area contributed by atoms with Crippen molar-refractivity contribution in [2.45, 2.75) is 19.8 Å². The van der Waals surface area contributed by atoms with Crippen molar-refractivity contribution in [1.82, 2.24) is 19.6 Å². The SMILES string of the molecule is CCCCOC(=O)CN1CCN(CC(=O)O)CCN(CC(=O)O)CCN(CC(=O)O)CC1. The Morgan fingerprint density at radius 2 is 0.938 bits per heavy atom. The first-order valence-corrected chi connectivity index (χ1v) is 10.9. The second-order valence-electron chi connectivity index (χ2n) is 7.86. The average molecular weight is 461 g/mol. The molecule has 0 aromatic carbocycles. The van der Waals surface area contributed by atoms with Crippen LogP contribution < -0.4 is 0 Å². The molecule has 0 aromatic heterocycles. The van der Waals surface area contributed by atoms with Crippen LogP contribution in [0.5, 0.6) is 0 Å². The molecule has 0 aromatic rings. The Hall–Kier alpha value is -2.28. The maximum atomic E-state index is 12.2. The van der Waals surface area contributed by atoms with Crippen LogP contribution in [0.3, 0.4) is 0 Å². The van der Waals surface area contributed by atoms with E-state index in [2.05, 4.69) is 0 Å². The van der Waals surface area contributed by atoms with Gasteiger partial charge in [0.15, 0.2) is 0 Å². The molecule has 1 fully saturated rings. The number of unbranched alkanes of at least 4 members (excludes halogenated alkanes) is 1. The smallest absolute Gasteiger partial charge is 0.320 e. The number of carboxylic acid groups (broad SMARTS) is 3. The summed E-state index contributed by atoms with van der Waals surface area (Å²) in [6, 6.07) is 0. The maximum absolute atomic E-state index is 12.2. The van der Waals surface area contributed by atoms with E-state index >= 15 is 0 Å². The molecular formula is C20H36N4O8. The molecule has 0 amide bonds. The van der Waals surface area contributed by atoms with Gasteiger partial charge in [-0.1, -0.05) is 13.3 Å². The highest BCUT2D eigenvalue weighted by Crippen LogP contribution is 2.02. The Bertz CT molecular complexity index is 586. The number of rotatable bonds is 11. The predicted octanol–water partition coefficient (Wildman–Crippen LogP) is -1.19. The summed E-state index contributed by atoms with van der Waals surface area (Å²) < 4.78 is 5.23. The number of aliphatic carboxylic acids is 3. The molecule has 12 nitrogen and oxygen atoms in total. The van der Waals surface area contributed by atoms with Gasteiger partial charge in [0, 0.05) is 52.4 Å². The third-order valence-electron chi connectivity index (χ3n) is 5.12. The van der Waals surface area contributed by atoms with Crippen molar-refractivity contribution < 1.29 is 39.2 Å². The van der Waals surface area contributed by atoms with Crippen molar-refractivity contribution >= 4 is 23.9 Å². The third-order valence-corrected chi connectivity index (χ3v) is 5.12. The number of nitrogens with zero attached hydrogens (tertiary/aromatic N) is 4. The largest absolute Gasteiger partial charge is 0.480 e. The molecule has 0 aliphatic carbocycles. The van der Waals surface area contributed by atoms with Gasteiger partial charge in [-0.2, -0.15) is 0 Å². The van der Waals surface area contributed by atoms with E-state index in [1.807, 2.05) is 11.8 Å². The van der Waals surface area contributed by atoms with E-state index in [1.165, 1.54) is 0 Å². The van der Waals surface area contributed by atoms with Crippen LogP contribution in [0, 0.1) is 0 Å². The van der Waals surface area contributed by atoms with E-state index < -0.39 is 17.9 Å². The van der Waals surface area contributed by atoms with E-state index in [1.54, 1.807) is 14.7 Å². The lowest BCUT2D eigenvalue weighted by Gasteiger charge is -2.32. The van der Waals surface area contributed by atoms with Gasteiger partial charge in [-0.15, -0.1) is 0 Å². The summed E-state index contributed by atoms with van der Waals surface area (Å²) in [5, 5.41) is 27.6. The van der Waals surface area contributed by atoms with Crippen molar-refractivity contribution in [3.05, 3.63) is 0 Å². The van der Waals surface area contributed by atoms with Gasteiger partial charge in [0.1, 0.15) is 0 Å². The molecule has 1 rings (SSSR count). The lowest BCUT2D eigenvalue weighted by atomic mass is 10.3. The third kappa shape index (κ3) is 13.2. The first-order chi connectivity index (χ1) is 15.2. The van der Waals surface area contributed by atoms with Gasteiger partial charge < -0.3 is 20.1 Å². The Kier molecular flexibility index (Phi) is 13.5. The van der Waals surface area contributed by atoms with Crippen molar-refractivity contribution in [2.24, 2.45) is 0 Å². The second kappa shape index (κ2) is 15.5. The molecule has 12 heteroatoms. The van der Waals surface area contributed by atoms with E-state index in [4.69, 9.17) is 9.84 Å². The van der Waals surface area contributed by atoms with E-state index in [-0.39, 0.29) is 32.1 Å². The minimum Gasteiger partial charge on any atom is -0.480 e. The number of carbonyl (C=O) groups is 4. The Labute approximate surface area is 188 Å². The summed E-state index contributed by atoms with van der Waals surface area (Å²) in [5.41, 5.74) is 0. The van der Waals surface area contributed by atoms with Gasteiger partial charge in [0.25, 0.3) is 0 Å². The molecule has 0 spiro atoms. The zero-order valence-electron chi connectivity index (χ0n) is 18.8. The molecule has 32 heavy (non-hydrogen) atoms. The molecule has 0 saturated carbocycles. The lowest BCUT2D eigenvalue weighted by Crippen LogP contribution is -2.49. The van der Waals surface area contributed by atoms with Crippen LogP contribution in [-0.2, 0) is 23.9 Å². The van der Waals surface area contributed by atoms with Crippen molar-refractivity contribution in [3.63, 3.8) is 0 Å². The van der Waals surface area contributed by atoms with Gasteiger partial charge in [0.05, 0.1) is 32.8 Å². The molecule has 0 bridgehead atoms. The molecule has 0 atom stereocenters. The number of carbonyl (C=O) groups excluding carboxylic acids is 1. The van der Waals surface area contributed by atoms with E-state index in [0.717, 1.165) is 12.8 Å². The fraction of sp³-hybridized carbons (Fsp3) is 0.800. The van der Waals surface area contributed by atoms with Crippen LogP contribution in [0.1, 0.15) is 19.8 Å². The average Bonchev–Trinajstić information content (AvgIpc) is 2.69. The van der Waals surface area contributed by atoms with Crippen LogP contribution in [0.4, 0.5) is 0 Å². The molecule has 1 aliphatic rings. The fourth-order valence-corrected chi connectivity index (χ4v) is 3.34. The minimum atomic E-state index is -1.00. The molecule has 184 valence electrons. The Balaban J connectivity index is 2.89. The van der Waals surface area contributed by atoms with E-state index in [0.29, 0.717) is 59.0 Å². The quantitative estimate of drug-likeness (QED) is 0.251. The summed E-state index contributed by atoms with van der Waals surface area (Å²) in [5.74, 6) is -3.34. The number of carboxylic acids is 3. The highest BCUT2D eigenvalue weighted by atomic mass is 16.5. The zero-order chi connectivity index (χ0) is 23.9. The van der Waals surface area contributed by atoms with Gasteiger partial charge >= 0.3 is 23.9 Å². The molecule has 0 unspecified atom stereocenters. The summed E-state index contributed by atoms with van der Waals surface area (Å²) in [6.07, 6.45) is 1.68. The molecule has 1 heterocycles. The number of ether oxygens (including phenoxy) is 1. The van der Waals surface area contributed by atoms with Gasteiger partial charge in [-0.3, -0.25) is 38.8 Å². The molecular weight excluding hydrogens is 424 g/mol. The summed E-state index contributed by atoms with van der Waals surface area (Å²) in [7, 11) is 0. The molecule has 1 saturated heterocycles. The number of hydrogen-bond acceptors (Lipinski definition) is 9. The predicted molar refractivity (Wildman–Crippen MR) is 115 cm³/mol. The maximum Gasteiger partial charge on any atom is 0.320 e.